The molecule has 32 heavy (non-hydrogen) atoms. The van der Waals surface area contributed by atoms with Gasteiger partial charge >= 0.3 is 0 Å². The molecule has 1 saturated heterocycles. The van der Waals surface area contributed by atoms with Crippen LogP contribution >= 0.6 is 23.2 Å². The van der Waals surface area contributed by atoms with Crippen molar-refractivity contribution >= 4 is 46.3 Å². The summed E-state index contributed by atoms with van der Waals surface area (Å²) in [6.07, 6.45) is 1.50. The Morgan fingerprint density at radius 1 is 1.06 bits per heavy atom. The van der Waals surface area contributed by atoms with E-state index in [4.69, 9.17) is 27.6 Å². The van der Waals surface area contributed by atoms with Crippen LogP contribution in [0.4, 0.5) is 5.69 Å². The summed E-state index contributed by atoms with van der Waals surface area (Å²) in [5.41, 5.74) is 1.92. The highest BCUT2D eigenvalue weighted by atomic mass is 35.5. The number of halogens is 2. The first kappa shape index (κ1) is 22.0. The van der Waals surface area contributed by atoms with Gasteiger partial charge in [-0.1, -0.05) is 35.3 Å². The lowest BCUT2D eigenvalue weighted by Gasteiger charge is -2.25. The SMILES string of the molecule is CN(C)c1ccc(C2/C(=C(/O)c3ccc(Cl)c(Cl)c3)C(=O)C(=O)N2Cc2ccco2)cc1. The second-order valence-corrected chi connectivity index (χ2v) is 8.44. The predicted octanol–water partition coefficient (Wildman–Crippen LogP) is 5.27. The molecule has 164 valence electrons. The fourth-order valence-electron chi connectivity index (χ4n) is 3.71. The number of hydrogen-bond donors (Lipinski definition) is 1. The normalized spacial score (nSPS) is 17.8. The van der Waals surface area contributed by atoms with Gasteiger partial charge in [0.25, 0.3) is 11.7 Å². The number of Topliss-reactive ketones (excluding diaryl/α,β-unsaturated/α-hetero) is 1. The van der Waals surface area contributed by atoms with Crippen LogP contribution in [-0.2, 0) is 16.1 Å². The van der Waals surface area contributed by atoms with E-state index >= 15 is 0 Å². The Morgan fingerprint density at radius 3 is 2.38 bits per heavy atom. The molecule has 0 saturated carbocycles. The number of nitrogens with zero attached hydrogens (tertiary/aromatic N) is 2. The van der Waals surface area contributed by atoms with Crippen molar-refractivity contribution in [3.8, 4) is 0 Å². The van der Waals surface area contributed by atoms with Gasteiger partial charge < -0.3 is 19.3 Å². The van der Waals surface area contributed by atoms with Gasteiger partial charge in [0, 0.05) is 25.3 Å². The molecular formula is C24H20Cl2N2O4. The Bertz CT molecular complexity index is 1200. The van der Waals surface area contributed by atoms with Crippen LogP contribution < -0.4 is 4.90 Å². The van der Waals surface area contributed by atoms with Gasteiger partial charge in [-0.05, 0) is 48.0 Å². The summed E-state index contributed by atoms with van der Waals surface area (Å²) in [6.45, 7) is 0.0792. The zero-order valence-corrected chi connectivity index (χ0v) is 18.9. The van der Waals surface area contributed by atoms with E-state index in [0.29, 0.717) is 21.9 Å². The topological polar surface area (TPSA) is 74.0 Å². The largest absolute Gasteiger partial charge is 0.507 e. The van der Waals surface area contributed by atoms with Crippen LogP contribution in [0.2, 0.25) is 10.0 Å². The summed E-state index contributed by atoms with van der Waals surface area (Å²) in [4.78, 5) is 29.4. The lowest BCUT2D eigenvalue weighted by molar-refractivity contribution is -0.140. The highest BCUT2D eigenvalue weighted by molar-refractivity contribution is 6.46. The number of rotatable bonds is 5. The number of anilines is 1. The third-order valence-corrected chi connectivity index (χ3v) is 6.10. The standard InChI is InChI=1S/C24H20Cl2N2O4/c1-27(2)16-8-5-14(6-9-16)21-20(22(29)15-7-10-18(25)19(26)12-15)23(30)24(31)28(21)13-17-4-3-11-32-17/h3-12,21,29H,13H2,1-2H3/b22-20-. The molecule has 0 bridgehead atoms. The third kappa shape index (κ3) is 3.99. The van der Waals surface area contributed by atoms with Crippen molar-refractivity contribution in [1.82, 2.24) is 4.90 Å². The Kier molecular flexibility index (Phi) is 6.00. The Labute approximate surface area is 195 Å². The van der Waals surface area contributed by atoms with E-state index < -0.39 is 17.7 Å². The first-order valence-electron chi connectivity index (χ1n) is 9.81. The summed E-state index contributed by atoms with van der Waals surface area (Å²) in [5, 5.41) is 11.6. The van der Waals surface area contributed by atoms with Crippen molar-refractivity contribution in [2.75, 3.05) is 19.0 Å². The minimum absolute atomic E-state index is 0.0162. The molecule has 1 N–H and O–H groups in total. The van der Waals surface area contributed by atoms with Crippen LogP contribution in [0.3, 0.4) is 0 Å². The average molecular weight is 471 g/mol. The van der Waals surface area contributed by atoms with Crippen molar-refractivity contribution in [3.05, 3.63) is 93.4 Å². The summed E-state index contributed by atoms with van der Waals surface area (Å²) in [6, 6.07) is 14.6. The van der Waals surface area contributed by atoms with Crippen molar-refractivity contribution in [1.29, 1.82) is 0 Å². The zero-order chi connectivity index (χ0) is 23.0. The Balaban J connectivity index is 1.86. The van der Waals surface area contributed by atoms with Crippen molar-refractivity contribution in [2.45, 2.75) is 12.6 Å². The molecule has 1 unspecified atom stereocenters. The van der Waals surface area contributed by atoms with Crippen LogP contribution in [0.5, 0.6) is 0 Å². The van der Waals surface area contributed by atoms with Gasteiger partial charge in [0.2, 0.25) is 0 Å². The number of hydrogen-bond acceptors (Lipinski definition) is 5. The third-order valence-electron chi connectivity index (χ3n) is 5.36. The number of carbonyl (C=O) groups is 2. The van der Waals surface area contributed by atoms with E-state index in [9.17, 15) is 14.7 Å². The van der Waals surface area contributed by atoms with Gasteiger partial charge in [-0.15, -0.1) is 0 Å². The zero-order valence-electron chi connectivity index (χ0n) is 17.4. The highest BCUT2D eigenvalue weighted by Crippen LogP contribution is 2.41. The van der Waals surface area contributed by atoms with Crippen LogP contribution in [-0.4, -0.2) is 35.8 Å². The molecule has 1 amide bonds. The lowest BCUT2D eigenvalue weighted by atomic mass is 9.95. The van der Waals surface area contributed by atoms with E-state index in [2.05, 4.69) is 0 Å². The molecule has 1 aliphatic rings. The predicted molar refractivity (Wildman–Crippen MR) is 124 cm³/mol. The number of ketones is 1. The fourth-order valence-corrected chi connectivity index (χ4v) is 4.01. The molecular weight excluding hydrogens is 451 g/mol. The molecule has 1 atom stereocenters. The van der Waals surface area contributed by atoms with Gasteiger partial charge in [0.1, 0.15) is 11.5 Å². The summed E-state index contributed by atoms with van der Waals surface area (Å²) < 4.78 is 5.40. The van der Waals surface area contributed by atoms with E-state index in [0.717, 1.165) is 5.69 Å². The van der Waals surface area contributed by atoms with Gasteiger partial charge in [0.15, 0.2) is 0 Å². The molecule has 1 aromatic heterocycles. The molecule has 6 nitrogen and oxygen atoms in total. The lowest BCUT2D eigenvalue weighted by Crippen LogP contribution is -2.29. The molecule has 0 spiro atoms. The van der Waals surface area contributed by atoms with Gasteiger partial charge in [0.05, 0.1) is 34.5 Å². The number of likely N-dealkylation sites (tertiary alicyclic amines) is 1. The maximum atomic E-state index is 13.1. The molecule has 3 aromatic rings. The monoisotopic (exact) mass is 470 g/mol. The van der Waals surface area contributed by atoms with Crippen LogP contribution in [0, 0.1) is 0 Å². The maximum Gasteiger partial charge on any atom is 0.296 e. The molecule has 1 aliphatic heterocycles. The first-order valence-corrected chi connectivity index (χ1v) is 10.6. The molecule has 1 fully saturated rings. The Hall–Kier alpha value is -3.22. The number of amides is 1. The summed E-state index contributed by atoms with van der Waals surface area (Å²) >= 11 is 12.1. The molecule has 8 heteroatoms. The fraction of sp³-hybridized carbons (Fsp3) is 0.167. The second kappa shape index (κ2) is 8.73. The summed E-state index contributed by atoms with van der Waals surface area (Å²) in [7, 11) is 3.84. The van der Waals surface area contributed by atoms with Gasteiger partial charge in [-0.25, -0.2) is 0 Å². The molecule has 2 heterocycles. The Morgan fingerprint density at radius 2 is 1.78 bits per heavy atom. The molecule has 2 aromatic carbocycles. The highest BCUT2D eigenvalue weighted by Gasteiger charge is 2.46. The van der Waals surface area contributed by atoms with E-state index in [-0.39, 0.29) is 22.9 Å². The van der Waals surface area contributed by atoms with E-state index in [1.54, 1.807) is 18.2 Å². The van der Waals surface area contributed by atoms with Gasteiger partial charge in [-0.3, -0.25) is 9.59 Å². The van der Waals surface area contributed by atoms with Gasteiger partial charge in [-0.2, -0.15) is 0 Å². The molecule has 0 radical (unpaired) electrons. The number of aliphatic hydroxyl groups excluding tert-OH is 1. The minimum atomic E-state index is -0.800. The van der Waals surface area contributed by atoms with Crippen molar-refractivity contribution in [2.24, 2.45) is 0 Å². The van der Waals surface area contributed by atoms with Crippen LogP contribution in [0.1, 0.15) is 22.9 Å². The number of carbonyl (C=O) groups excluding carboxylic acids is 2. The number of furan rings is 1. The van der Waals surface area contributed by atoms with Crippen LogP contribution in [0.15, 0.2) is 70.9 Å². The van der Waals surface area contributed by atoms with Crippen LogP contribution in [0.25, 0.3) is 5.76 Å². The summed E-state index contributed by atoms with van der Waals surface area (Å²) in [5.74, 6) is -1.28. The number of aliphatic hydroxyl groups is 1. The average Bonchev–Trinajstić information content (AvgIpc) is 3.37. The first-order chi connectivity index (χ1) is 15.3. The molecule has 4 rings (SSSR count). The number of benzene rings is 2. The minimum Gasteiger partial charge on any atom is -0.507 e. The van der Waals surface area contributed by atoms with E-state index in [1.165, 1.54) is 23.3 Å². The molecule has 0 aliphatic carbocycles. The van der Waals surface area contributed by atoms with E-state index in [1.807, 2.05) is 43.3 Å². The smallest absolute Gasteiger partial charge is 0.296 e. The maximum absolute atomic E-state index is 13.1. The van der Waals surface area contributed by atoms with Crippen molar-refractivity contribution in [3.63, 3.8) is 0 Å². The second-order valence-electron chi connectivity index (χ2n) is 7.62. The van der Waals surface area contributed by atoms with Crippen molar-refractivity contribution < 1.29 is 19.1 Å². The quantitative estimate of drug-likeness (QED) is 0.312.